The molecule has 1 saturated carbocycles. The molecule has 1 aliphatic carbocycles. The number of aliphatic hydroxyl groups excluding tert-OH is 1. The molecule has 15 heavy (non-hydrogen) atoms. The van der Waals surface area contributed by atoms with Crippen LogP contribution in [0.3, 0.4) is 0 Å². The summed E-state index contributed by atoms with van der Waals surface area (Å²) in [5, 5.41) is 12.7. The van der Waals surface area contributed by atoms with Crippen LogP contribution in [-0.2, 0) is 6.54 Å². The van der Waals surface area contributed by atoms with E-state index in [2.05, 4.69) is 14.9 Å². The SMILES string of the molecule is Cc1nccn1CCNC1(CO)CCC1. The number of aryl methyl sites for hydroxylation is 1. The molecular weight excluding hydrogens is 190 g/mol. The highest BCUT2D eigenvalue weighted by Gasteiger charge is 2.35. The zero-order valence-electron chi connectivity index (χ0n) is 9.24. The maximum atomic E-state index is 9.27. The van der Waals surface area contributed by atoms with Crippen LogP contribution in [0.25, 0.3) is 0 Å². The molecule has 2 rings (SSSR count). The number of hydrogen-bond acceptors (Lipinski definition) is 3. The Balaban J connectivity index is 1.77. The highest BCUT2D eigenvalue weighted by atomic mass is 16.3. The normalized spacial score (nSPS) is 18.8. The summed E-state index contributed by atoms with van der Waals surface area (Å²) in [6.45, 7) is 4.09. The Hall–Kier alpha value is -0.870. The van der Waals surface area contributed by atoms with Crippen molar-refractivity contribution in [2.45, 2.75) is 38.3 Å². The molecule has 2 N–H and O–H groups in total. The molecule has 0 aliphatic heterocycles. The van der Waals surface area contributed by atoms with Crippen LogP contribution >= 0.6 is 0 Å². The second-order valence-corrected chi connectivity index (χ2v) is 4.39. The van der Waals surface area contributed by atoms with Gasteiger partial charge in [-0.2, -0.15) is 0 Å². The summed E-state index contributed by atoms with van der Waals surface area (Å²) in [4.78, 5) is 4.17. The van der Waals surface area contributed by atoms with Crippen molar-refractivity contribution in [1.82, 2.24) is 14.9 Å². The molecule has 0 bridgehead atoms. The molecule has 0 amide bonds. The van der Waals surface area contributed by atoms with Crippen LogP contribution in [0.2, 0.25) is 0 Å². The monoisotopic (exact) mass is 209 g/mol. The third-order valence-corrected chi connectivity index (χ3v) is 3.39. The molecule has 0 radical (unpaired) electrons. The van der Waals surface area contributed by atoms with E-state index >= 15 is 0 Å². The fraction of sp³-hybridized carbons (Fsp3) is 0.727. The average Bonchev–Trinajstić information content (AvgIpc) is 2.57. The van der Waals surface area contributed by atoms with Crippen molar-refractivity contribution in [3.63, 3.8) is 0 Å². The van der Waals surface area contributed by atoms with E-state index in [-0.39, 0.29) is 12.1 Å². The van der Waals surface area contributed by atoms with Gasteiger partial charge in [0.25, 0.3) is 0 Å². The summed E-state index contributed by atoms with van der Waals surface area (Å²) >= 11 is 0. The quantitative estimate of drug-likeness (QED) is 0.750. The van der Waals surface area contributed by atoms with Gasteiger partial charge < -0.3 is 15.0 Å². The van der Waals surface area contributed by atoms with Gasteiger partial charge in [-0.25, -0.2) is 4.98 Å². The van der Waals surface area contributed by atoms with Gasteiger partial charge >= 0.3 is 0 Å². The van der Waals surface area contributed by atoms with Crippen LogP contribution in [0.4, 0.5) is 0 Å². The molecule has 0 aromatic carbocycles. The lowest BCUT2D eigenvalue weighted by Crippen LogP contribution is -2.54. The molecule has 0 spiro atoms. The zero-order valence-corrected chi connectivity index (χ0v) is 9.24. The molecule has 0 saturated heterocycles. The van der Waals surface area contributed by atoms with Crippen molar-refractivity contribution in [1.29, 1.82) is 0 Å². The first-order valence-electron chi connectivity index (χ1n) is 5.59. The predicted octanol–water partition coefficient (Wildman–Crippen LogP) is 0.696. The van der Waals surface area contributed by atoms with E-state index in [0.29, 0.717) is 0 Å². The van der Waals surface area contributed by atoms with E-state index in [0.717, 1.165) is 31.8 Å². The van der Waals surface area contributed by atoms with Crippen LogP contribution in [0.1, 0.15) is 25.1 Å². The van der Waals surface area contributed by atoms with E-state index in [1.54, 1.807) is 0 Å². The van der Waals surface area contributed by atoms with Crippen LogP contribution in [0.15, 0.2) is 12.4 Å². The van der Waals surface area contributed by atoms with Crippen LogP contribution < -0.4 is 5.32 Å². The summed E-state index contributed by atoms with van der Waals surface area (Å²) in [6, 6.07) is 0. The first kappa shape index (κ1) is 10.6. The van der Waals surface area contributed by atoms with E-state index in [9.17, 15) is 5.11 Å². The number of hydrogen-bond donors (Lipinski definition) is 2. The predicted molar refractivity (Wildman–Crippen MR) is 58.6 cm³/mol. The lowest BCUT2D eigenvalue weighted by Gasteiger charge is -2.41. The summed E-state index contributed by atoms with van der Waals surface area (Å²) in [5.41, 5.74) is 0.0223. The second kappa shape index (κ2) is 4.33. The fourth-order valence-electron chi connectivity index (χ4n) is 2.08. The van der Waals surface area contributed by atoms with E-state index in [1.165, 1.54) is 6.42 Å². The molecule has 4 nitrogen and oxygen atoms in total. The Morgan fingerprint density at radius 3 is 2.87 bits per heavy atom. The number of nitrogens with one attached hydrogen (secondary N) is 1. The molecule has 1 aromatic heterocycles. The molecule has 1 aliphatic rings. The lowest BCUT2D eigenvalue weighted by molar-refractivity contribution is 0.0881. The van der Waals surface area contributed by atoms with Gasteiger partial charge in [0.1, 0.15) is 5.82 Å². The molecule has 84 valence electrons. The first-order valence-corrected chi connectivity index (χ1v) is 5.59. The smallest absolute Gasteiger partial charge is 0.105 e. The maximum absolute atomic E-state index is 9.27. The van der Waals surface area contributed by atoms with Crippen molar-refractivity contribution >= 4 is 0 Å². The fourth-order valence-corrected chi connectivity index (χ4v) is 2.08. The first-order chi connectivity index (χ1) is 7.26. The van der Waals surface area contributed by atoms with E-state index in [1.807, 2.05) is 19.3 Å². The molecule has 4 heteroatoms. The van der Waals surface area contributed by atoms with Crippen LogP contribution in [0, 0.1) is 6.92 Å². The number of imidazole rings is 1. The van der Waals surface area contributed by atoms with Crippen LogP contribution in [0.5, 0.6) is 0 Å². The van der Waals surface area contributed by atoms with Crippen molar-refractivity contribution < 1.29 is 5.11 Å². The molecular formula is C11H19N3O. The van der Waals surface area contributed by atoms with Gasteiger partial charge in [0.15, 0.2) is 0 Å². The Morgan fingerprint density at radius 1 is 1.60 bits per heavy atom. The minimum atomic E-state index is 0.0223. The van der Waals surface area contributed by atoms with Crippen molar-refractivity contribution in [3.05, 3.63) is 18.2 Å². The van der Waals surface area contributed by atoms with Gasteiger partial charge in [-0.1, -0.05) is 0 Å². The molecule has 0 unspecified atom stereocenters. The standard InChI is InChI=1S/C11H19N3O/c1-10-12-5-7-14(10)8-6-13-11(9-15)3-2-4-11/h5,7,13,15H,2-4,6,8-9H2,1H3. The Labute approximate surface area is 90.3 Å². The van der Waals surface area contributed by atoms with Crippen molar-refractivity contribution in [2.75, 3.05) is 13.2 Å². The number of rotatable bonds is 5. The van der Waals surface area contributed by atoms with Gasteiger partial charge in [0.2, 0.25) is 0 Å². The second-order valence-electron chi connectivity index (χ2n) is 4.39. The minimum Gasteiger partial charge on any atom is -0.394 e. The zero-order chi connectivity index (χ0) is 10.7. The topological polar surface area (TPSA) is 50.1 Å². The van der Waals surface area contributed by atoms with Crippen molar-refractivity contribution in [2.24, 2.45) is 0 Å². The molecule has 1 aromatic rings. The molecule has 0 atom stereocenters. The van der Waals surface area contributed by atoms with Crippen LogP contribution in [-0.4, -0.2) is 33.3 Å². The van der Waals surface area contributed by atoms with Crippen molar-refractivity contribution in [3.8, 4) is 0 Å². The molecule has 1 fully saturated rings. The highest BCUT2D eigenvalue weighted by Crippen LogP contribution is 2.30. The third kappa shape index (κ3) is 2.21. The summed E-state index contributed by atoms with van der Waals surface area (Å²) in [5.74, 6) is 1.04. The summed E-state index contributed by atoms with van der Waals surface area (Å²) in [7, 11) is 0. The third-order valence-electron chi connectivity index (χ3n) is 3.39. The van der Waals surface area contributed by atoms with E-state index < -0.39 is 0 Å². The lowest BCUT2D eigenvalue weighted by atomic mass is 9.77. The number of nitrogens with zero attached hydrogens (tertiary/aromatic N) is 2. The van der Waals surface area contributed by atoms with Gasteiger partial charge in [0.05, 0.1) is 6.61 Å². The van der Waals surface area contributed by atoms with Gasteiger partial charge in [-0.05, 0) is 26.2 Å². The van der Waals surface area contributed by atoms with Gasteiger partial charge in [0, 0.05) is 31.0 Å². The highest BCUT2D eigenvalue weighted by molar-refractivity contribution is 4.96. The largest absolute Gasteiger partial charge is 0.394 e. The summed E-state index contributed by atoms with van der Waals surface area (Å²) < 4.78 is 2.12. The summed E-state index contributed by atoms with van der Waals surface area (Å²) in [6.07, 6.45) is 7.25. The van der Waals surface area contributed by atoms with E-state index in [4.69, 9.17) is 0 Å². The Kier molecular flexibility index (Phi) is 3.07. The molecule has 1 heterocycles. The minimum absolute atomic E-state index is 0.0223. The Morgan fingerprint density at radius 2 is 2.40 bits per heavy atom. The average molecular weight is 209 g/mol. The Bertz CT molecular complexity index is 312. The van der Waals surface area contributed by atoms with Gasteiger partial charge in [-0.15, -0.1) is 0 Å². The number of aliphatic hydroxyl groups is 1. The van der Waals surface area contributed by atoms with Gasteiger partial charge in [-0.3, -0.25) is 0 Å². The maximum Gasteiger partial charge on any atom is 0.105 e. The number of aromatic nitrogens is 2.